The number of nitrogens with zero attached hydrogens (tertiary/aromatic N) is 3. The summed E-state index contributed by atoms with van der Waals surface area (Å²) in [4.78, 5) is 2.45. The smallest absolute Gasteiger partial charge is 0.131 e. The van der Waals surface area contributed by atoms with E-state index in [2.05, 4.69) is 22.2 Å². The van der Waals surface area contributed by atoms with Crippen LogP contribution in [0.2, 0.25) is 0 Å². The third kappa shape index (κ3) is 2.67. The first kappa shape index (κ1) is 13.4. The largest absolute Gasteiger partial charge is 0.383 e. The van der Waals surface area contributed by atoms with Crippen molar-refractivity contribution < 1.29 is 4.74 Å². The van der Waals surface area contributed by atoms with E-state index in [9.17, 15) is 0 Å². The van der Waals surface area contributed by atoms with E-state index in [-0.39, 0.29) is 0 Å². The Bertz CT molecular complexity index is 398. The first-order chi connectivity index (χ1) is 8.69. The summed E-state index contributed by atoms with van der Waals surface area (Å²) in [7, 11) is 5.77. The summed E-state index contributed by atoms with van der Waals surface area (Å²) in [5.41, 5.74) is 2.42. The molecular formula is C13H24N4O. The first-order valence-corrected chi connectivity index (χ1v) is 6.61. The monoisotopic (exact) mass is 252 g/mol. The zero-order chi connectivity index (χ0) is 13.1. The van der Waals surface area contributed by atoms with E-state index in [1.54, 1.807) is 7.11 Å². The van der Waals surface area contributed by atoms with E-state index in [4.69, 9.17) is 4.74 Å². The van der Waals surface area contributed by atoms with Crippen LogP contribution in [0.4, 0.5) is 5.82 Å². The first-order valence-electron chi connectivity index (χ1n) is 6.61. The molecule has 0 saturated heterocycles. The van der Waals surface area contributed by atoms with Crippen molar-refractivity contribution in [1.82, 2.24) is 15.1 Å². The summed E-state index contributed by atoms with van der Waals surface area (Å²) >= 11 is 0. The molecule has 5 nitrogen and oxygen atoms in total. The summed E-state index contributed by atoms with van der Waals surface area (Å²) in [5, 5.41) is 7.80. The SMILES string of the molecule is CNCc1c(C)nn(C)c1N(CCOC)C1CC1. The van der Waals surface area contributed by atoms with Crippen molar-refractivity contribution >= 4 is 5.82 Å². The molecule has 0 aromatic carbocycles. The van der Waals surface area contributed by atoms with Crippen molar-refractivity contribution in [2.24, 2.45) is 7.05 Å². The lowest BCUT2D eigenvalue weighted by Crippen LogP contribution is -2.32. The predicted molar refractivity (Wildman–Crippen MR) is 73.0 cm³/mol. The summed E-state index contributed by atoms with van der Waals surface area (Å²) < 4.78 is 7.24. The second kappa shape index (κ2) is 5.71. The summed E-state index contributed by atoms with van der Waals surface area (Å²) in [5.74, 6) is 1.25. The van der Waals surface area contributed by atoms with Gasteiger partial charge in [-0.15, -0.1) is 0 Å². The van der Waals surface area contributed by atoms with Gasteiger partial charge in [-0.2, -0.15) is 5.10 Å². The Morgan fingerprint density at radius 2 is 2.22 bits per heavy atom. The van der Waals surface area contributed by atoms with Gasteiger partial charge in [0.2, 0.25) is 0 Å². The van der Waals surface area contributed by atoms with Crippen molar-refractivity contribution in [3.63, 3.8) is 0 Å². The molecule has 1 aliphatic carbocycles. The molecule has 1 heterocycles. The van der Waals surface area contributed by atoms with Gasteiger partial charge in [0.25, 0.3) is 0 Å². The van der Waals surface area contributed by atoms with Crippen LogP contribution >= 0.6 is 0 Å². The number of ether oxygens (including phenoxy) is 1. The molecule has 0 spiro atoms. The van der Waals surface area contributed by atoms with Gasteiger partial charge in [-0.3, -0.25) is 4.68 Å². The maximum Gasteiger partial charge on any atom is 0.131 e. The second-order valence-electron chi connectivity index (χ2n) is 4.96. The maximum atomic E-state index is 5.23. The van der Waals surface area contributed by atoms with Crippen LogP contribution in [-0.4, -0.2) is 43.1 Å². The molecule has 0 unspecified atom stereocenters. The van der Waals surface area contributed by atoms with Gasteiger partial charge in [-0.05, 0) is 26.8 Å². The fourth-order valence-corrected chi connectivity index (χ4v) is 2.47. The number of aromatic nitrogens is 2. The molecule has 2 rings (SSSR count). The van der Waals surface area contributed by atoms with Crippen LogP contribution in [0, 0.1) is 6.92 Å². The molecular weight excluding hydrogens is 228 g/mol. The van der Waals surface area contributed by atoms with Crippen LogP contribution in [0.15, 0.2) is 0 Å². The molecule has 1 fully saturated rings. The van der Waals surface area contributed by atoms with Crippen LogP contribution in [-0.2, 0) is 18.3 Å². The second-order valence-corrected chi connectivity index (χ2v) is 4.96. The van der Waals surface area contributed by atoms with Crippen molar-refractivity contribution in [3.05, 3.63) is 11.3 Å². The van der Waals surface area contributed by atoms with E-state index < -0.39 is 0 Å². The highest BCUT2D eigenvalue weighted by molar-refractivity contribution is 5.52. The number of hydrogen-bond acceptors (Lipinski definition) is 4. The van der Waals surface area contributed by atoms with Crippen LogP contribution < -0.4 is 10.2 Å². The van der Waals surface area contributed by atoms with Gasteiger partial charge < -0.3 is 15.0 Å². The van der Waals surface area contributed by atoms with Crippen LogP contribution in [0.25, 0.3) is 0 Å². The quantitative estimate of drug-likeness (QED) is 0.788. The summed E-state index contributed by atoms with van der Waals surface area (Å²) in [6, 6.07) is 0.672. The summed E-state index contributed by atoms with van der Waals surface area (Å²) in [6.45, 7) is 4.65. The minimum Gasteiger partial charge on any atom is -0.383 e. The highest BCUT2D eigenvalue weighted by Gasteiger charge is 2.32. The third-order valence-corrected chi connectivity index (χ3v) is 3.46. The Hall–Kier alpha value is -1.07. The summed E-state index contributed by atoms with van der Waals surface area (Å²) in [6.07, 6.45) is 2.57. The van der Waals surface area contributed by atoms with Crippen molar-refractivity contribution in [2.45, 2.75) is 32.4 Å². The van der Waals surface area contributed by atoms with E-state index in [0.29, 0.717) is 6.04 Å². The van der Waals surface area contributed by atoms with E-state index in [1.807, 2.05) is 18.8 Å². The number of hydrogen-bond donors (Lipinski definition) is 1. The lowest BCUT2D eigenvalue weighted by Gasteiger charge is -2.25. The third-order valence-electron chi connectivity index (χ3n) is 3.46. The molecule has 5 heteroatoms. The Morgan fingerprint density at radius 1 is 1.50 bits per heavy atom. The maximum absolute atomic E-state index is 5.23. The standard InChI is InChI=1S/C13H24N4O/c1-10-12(9-14-2)13(16(3)15-10)17(7-8-18-4)11-5-6-11/h11,14H,5-9H2,1-4H3. The average molecular weight is 252 g/mol. The minimum atomic E-state index is 0.672. The lowest BCUT2D eigenvalue weighted by atomic mass is 10.2. The van der Waals surface area contributed by atoms with Gasteiger partial charge in [-0.1, -0.05) is 0 Å². The van der Waals surface area contributed by atoms with Crippen molar-refractivity contribution in [1.29, 1.82) is 0 Å². The molecule has 1 aromatic heterocycles. The molecule has 1 saturated carbocycles. The highest BCUT2D eigenvalue weighted by Crippen LogP contribution is 2.34. The molecule has 0 aliphatic heterocycles. The fraction of sp³-hybridized carbons (Fsp3) is 0.769. The Labute approximate surface area is 109 Å². The molecule has 1 N–H and O–H groups in total. The molecule has 0 atom stereocenters. The van der Waals surface area contributed by atoms with E-state index in [0.717, 1.165) is 25.4 Å². The van der Waals surface area contributed by atoms with Crippen LogP contribution in [0.5, 0.6) is 0 Å². The number of aryl methyl sites for hydroxylation is 2. The van der Waals surface area contributed by atoms with Crippen molar-refractivity contribution in [3.8, 4) is 0 Å². The van der Waals surface area contributed by atoms with Crippen molar-refractivity contribution in [2.75, 3.05) is 32.2 Å². The number of methoxy groups -OCH3 is 1. The Morgan fingerprint density at radius 3 is 2.78 bits per heavy atom. The van der Waals surface area contributed by atoms with Gasteiger partial charge in [0.05, 0.1) is 12.3 Å². The van der Waals surface area contributed by atoms with Crippen LogP contribution in [0.1, 0.15) is 24.1 Å². The zero-order valence-electron chi connectivity index (χ0n) is 11.9. The zero-order valence-corrected chi connectivity index (χ0v) is 11.9. The topological polar surface area (TPSA) is 42.3 Å². The Kier molecular flexibility index (Phi) is 4.24. The van der Waals surface area contributed by atoms with E-state index >= 15 is 0 Å². The van der Waals surface area contributed by atoms with E-state index in [1.165, 1.54) is 24.2 Å². The Balaban J connectivity index is 2.27. The molecule has 1 aliphatic rings. The van der Waals surface area contributed by atoms with Gasteiger partial charge in [-0.25, -0.2) is 0 Å². The van der Waals surface area contributed by atoms with Gasteiger partial charge in [0.1, 0.15) is 5.82 Å². The lowest BCUT2D eigenvalue weighted by molar-refractivity contribution is 0.204. The highest BCUT2D eigenvalue weighted by atomic mass is 16.5. The van der Waals surface area contributed by atoms with Gasteiger partial charge >= 0.3 is 0 Å². The fourth-order valence-electron chi connectivity index (χ4n) is 2.47. The van der Waals surface area contributed by atoms with Gasteiger partial charge in [0, 0.05) is 38.9 Å². The molecule has 0 amide bonds. The molecule has 18 heavy (non-hydrogen) atoms. The number of rotatable bonds is 7. The van der Waals surface area contributed by atoms with Crippen LogP contribution in [0.3, 0.4) is 0 Å². The normalized spacial score (nSPS) is 15.1. The molecule has 0 radical (unpaired) electrons. The molecule has 1 aromatic rings. The predicted octanol–water partition coefficient (Wildman–Crippen LogP) is 1.06. The van der Waals surface area contributed by atoms with Gasteiger partial charge in [0.15, 0.2) is 0 Å². The molecule has 0 bridgehead atoms. The number of anilines is 1. The average Bonchev–Trinajstić information content (AvgIpc) is 3.12. The molecule has 102 valence electrons. The number of nitrogens with one attached hydrogen (secondary N) is 1. The minimum absolute atomic E-state index is 0.672.